The van der Waals surface area contributed by atoms with E-state index in [4.69, 9.17) is 0 Å². The molecule has 1 rings (SSSR count). The summed E-state index contributed by atoms with van der Waals surface area (Å²) in [6.07, 6.45) is 6.16. The van der Waals surface area contributed by atoms with Gasteiger partial charge in [0, 0.05) is 6.42 Å². The number of nitrogens with one attached hydrogen (secondary N) is 1. The number of carboxylic acid groups (broad SMARTS) is 1. The SMILES string of the molecule is CC(C)(C)CCCC(=O)NC1(C(=O)O)CCCCC1. The van der Waals surface area contributed by atoms with E-state index >= 15 is 0 Å². The van der Waals surface area contributed by atoms with E-state index in [1.165, 1.54) is 0 Å². The molecule has 1 aliphatic rings. The molecule has 4 nitrogen and oxygen atoms in total. The first kappa shape index (κ1) is 16.0. The zero-order valence-corrected chi connectivity index (χ0v) is 12.4. The van der Waals surface area contributed by atoms with Gasteiger partial charge in [-0.3, -0.25) is 4.79 Å². The molecule has 2 N–H and O–H groups in total. The summed E-state index contributed by atoms with van der Waals surface area (Å²) in [7, 11) is 0. The Morgan fingerprint density at radius 1 is 1.16 bits per heavy atom. The zero-order valence-electron chi connectivity index (χ0n) is 12.4. The summed E-state index contributed by atoms with van der Waals surface area (Å²) >= 11 is 0. The minimum atomic E-state index is -1.00. The molecule has 0 aromatic carbocycles. The van der Waals surface area contributed by atoms with Crippen LogP contribution in [0.3, 0.4) is 0 Å². The second kappa shape index (κ2) is 6.40. The molecule has 0 bridgehead atoms. The monoisotopic (exact) mass is 269 g/mol. The van der Waals surface area contributed by atoms with Crippen molar-refractivity contribution in [1.29, 1.82) is 0 Å². The number of carbonyl (C=O) groups is 2. The molecule has 0 heterocycles. The van der Waals surface area contributed by atoms with Gasteiger partial charge in [-0.25, -0.2) is 4.79 Å². The predicted octanol–water partition coefficient (Wildman–Crippen LogP) is 3.11. The van der Waals surface area contributed by atoms with Crippen LogP contribution in [0, 0.1) is 5.41 Å². The van der Waals surface area contributed by atoms with Gasteiger partial charge in [0.15, 0.2) is 0 Å². The molecule has 0 unspecified atom stereocenters. The molecule has 0 aromatic heterocycles. The first-order chi connectivity index (χ1) is 8.75. The summed E-state index contributed by atoms with van der Waals surface area (Å²) in [6, 6.07) is 0. The fourth-order valence-corrected chi connectivity index (χ4v) is 2.66. The summed E-state index contributed by atoms with van der Waals surface area (Å²) in [4.78, 5) is 23.4. The topological polar surface area (TPSA) is 66.4 Å². The minimum Gasteiger partial charge on any atom is -0.480 e. The number of amides is 1. The third-order valence-corrected chi connectivity index (χ3v) is 3.83. The fraction of sp³-hybridized carbons (Fsp3) is 0.867. The number of aliphatic carboxylic acids is 1. The molecule has 1 fully saturated rings. The number of hydrogen-bond acceptors (Lipinski definition) is 2. The van der Waals surface area contributed by atoms with Crippen molar-refractivity contribution in [3.05, 3.63) is 0 Å². The van der Waals surface area contributed by atoms with E-state index in [2.05, 4.69) is 26.1 Å². The second-order valence-corrected chi connectivity index (χ2v) is 6.91. The van der Waals surface area contributed by atoms with Crippen LogP contribution in [0.1, 0.15) is 72.1 Å². The van der Waals surface area contributed by atoms with E-state index in [0.717, 1.165) is 32.1 Å². The normalized spacial score (nSPS) is 18.9. The molecule has 0 spiro atoms. The van der Waals surface area contributed by atoms with Crippen LogP contribution in [0.2, 0.25) is 0 Å². The molecule has 1 saturated carbocycles. The van der Waals surface area contributed by atoms with Crippen LogP contribution in [-0.4, -0.2) is 22.5 Å². The van der Waals surface area contributed by atoms with Crippen LogP contribution in [-0.2, 0) is 9.59 Å². The van der Waals surface area contributed by atoms with Crippen LogP contribution in [0.15, 0.2) is 0 Å². The average Bonchev–Trinajstić information content (AvgIpc) is 2.28. The number of carboxylic acids is 1. The van der Waals surface area contributed by atoms with Gasteiger partial charge in [-0.15, -0.1) is 0 Å². The third kappa shape index (κ3) is 5.21. The second-order valence-electron chi connectivity index (χ2n) is 6.91. The lowest BCUT2D eigenvalue weighted by atomic mass is 9.81. The lowest BCUT2D eigenvalue weighted by Gasteiger charge is -2.34. The highest BCUT2D eigenvalue weighted by Crippen LogP contribution is 2.29. The molecule has 4 heteroatoms. The molecule has 110 valence electrons. The first-order valence-corrected chi connectivity index (χ1v) is 7.30. The Hall–Kier alpha value is -1.06. The molecule has 0 saturated heterocycles. The molecule has 0 aromatic rings. The molecular weight excluding hydrogens is 242 g/mol. The van der Waals surface area contributed by atoms with E-state index in [0.29, 0.717) is 19.3 Å². The first-order valence-electron chi connectivity index (χ1n) is 7.30. The van der Waals surface area contributed by atoms with E-state index in [-0.39, 0.29) is 11.3 Å². The Labute approximate surface area is 116 Å². The summed E-state index contributed by atoms with van der Waals surface area (Å²) in [5, 5.41) is 12.2. The average molecular weight is 269 g/mol. The van der Waals surface area contributed by atoms with Gasteiger partial charge >= 0.3 is 5.97 Å². The number of hydrogen-bond donors (Lipinski definition) is 2. The van der Waals surface area contributed by atoms with Gasteiger partial charge in [0.2, 0.25) is 5.91 Å². The van der Waals surface area contributed by atoms with Gasteiger partial charge in [-0.05, 0) is 31.1 Å². The summed E-state index contributed by atoms with van der Waals surface area (Å²) < 4.78 is 0. The smallest absolute Gasteiger partial charge is 0.329 e. The standard InChI is InChI=1S/C15H27NO3/c1-14(2,3)9-7-8-12(17)16-15(13(18)19)10-5-4-6-11-15/h4-11H2,1-3H3,(H,16,17)(H,18,19). The van der Waals surface area contributed by atoms with Crippen LogP contribution < -0.4 is 5.32 Å². The fourth-order valence-electron chi connectivity index (χ4n) is 2.66. The number of carbonyl (C=O) groups excluding carboxylic acids is 1. The maximum atomic E-state index is 11.9. The Morgan fingerprint density at radius 3 is 2.21 bits per heavy atom. The molecule has 1 aliphatic carbocycles. The van der Waals surface area contributed by atoms with Crippen molar-refractivity contribution < 1.29 is 14.7 Å². The van der Waals surface area contributed by atoms with Gasteiger partial charge in [-0.2, -0.15) is 0 Å². The van der Waals surface area contributed by atoms with E-state index in [1.807, 2.05) is 0 Å². The Bertz CT molecular complexity index is 325. The highest BCUT2D eigenvalue weighted by atomic mass is 16.4. The van der Waals surface area contributed by atoms with Gasteiger partial charge < -0.3 is 10.4 Å². The van der Waals surface area contributed by atoms with Crippen molar-refractivity contribution in [2.24, 2.45) is 5.41 Å². The van der Waals surface area contributed by atoms with Gasteiger partial charge in [0.1, 0.15) is 5.54 Å². The molecule has 1 amide bonds. The van der Waals surface area contributed by atoms with Crippen LogP contribution in [0.4, 0.5) is 0 Å². The Kier molecular flexibility index (Phi) is 5.39. The van der Waals surface area contributed by atoms with E-state index in [1.54, 1.807) is 0 Å². The van der Waals surface area contributed by atoms with Crippen LogP contribution in [0.5, 0.6) is 0 Å². The molecular formula is C15H27NO3. The maximum Gasteiger partial charge on any atom is 0.329 e. The van der Waals surface area contributed by atoms with E-state index < -0.39 is 11.5 Å². The molecule has 0 aliphatic heterocycles. The lowest BCUT2D eigenvalue weighted by Crippen LogP contribution is -2.55. The Morgan fingerprint density at radius 2 is 1.74 bits per heavy atom. The molecule has 0 radical (unpaired) electrons. The van der Waals surface area contributed by atoms with Crippen molar-refractivity contribution in [2.75, 3.05) is 0 Å². The van der Waals surface area contributed by atoms with Crippen molar-refractivity contribution in [1.82, 2.24) is 5.32 Å². The number of rotatable bonds is 5. The summed E-state index contributed by atoms with van der Waals surface area (Å²) in [5.74, 6) is -0.995. The third-order valence-electron chi connectivity index (χ3n) is 3.83. The quantitative estimate of drug-likeness (QED) is 0.806. The minimum absolute atomic E-state index is 0.117. The van der Waals surface area contributed by atoms with Crippen molar-refractivity contribution in [3.63, 3.8) is 0 Å². The van der Waals surface area contributed by atoms with Gasteiger partial charge in [0.25, 0.3) is 0 Å². The van der Waals surface area contributed by atoms with E-state index in [9.17, 15) is 14.7 Å². The van der Waals surface area contributed by atoms with Gasteiger partial charge in [-0.1, -0.05) is 40.0 Å². The highest BCUT2D eigenvalue weighted by Gasteiger charge is 2.40. The van der Waals surface area contributed by atoms with Crippen LogP contribution >= 0.6 is 0 Å². The van der Waals surface area contributed by atoms with Crippen molar-refractivity contribution in [3.8, 4) is 0 Å². The highest BCUT2D eigenvalue weighted by molar-refractivity contribution is 5.87. The van der Waals surface area contributed by atoms with Crippen molar-refractivity contribution in [2.45, 2.75) is 77.7 Å². The largest absolute Gasteiger partial charge is 0.480 e. The molecule has 0 atom stereocenters. The van der Waals surface area contributed by atoms with Crippen molar-refractivity contribution >= 4 is 11.9 Å². The molecule has 19 heavy (non-hydrogen) atoms. The van der Waals surface area contributed by atoms with Crippen LogP contribution in [0.25, 0.3) is 0 Å². The maximum absolute atomic E-state index is 11.9. The zero-order chi connectivity index (χ0) is 14.5. The summed E-state index contributed by atoms with van der Waals surface area (Å²) in [5.41, 5.74) is -0.785. The Balaban J connectivity index is 2.46. The predicted molar refractivity (Wildman–Crippen MR) is 74.9 cm³/mol. The summed E-state index contributed by atoms with van der Waals surface area (Å²) in [6.45, 7) is 6.43. The lowest BCUT2D eigenvalue weighted by molar-refractivity contribution is -0.149. The van der Waals surface area contributed by atoms with Gasteiger partial charge in [0.05, 0.1) is 0 Å².